The molecule has 1 aromatic carbocycles. The van der Waals surface area contributed by atoms with Crippen LogP contribution in [0, 0.1) is 0 Å². The van der Waals surface area contributed by atoms with Gasteiger partial charge in [0.15, 0.2) is 0 Å². The second-order valence-electron chi connectivity index (χ2n) is 3.98. The van der Waals surface area contributed by atoms with Gasteiger partial charge < -0.3 is 15.8 Å². The van der Waals surface area contributed by atoms with Gasteiger partial charge in [-0.1, -0.05) is 11.6 Å². The lowest BCUT2D eigenvalue weighted by Crippen LogP contribution is -2.22. The molecule has 0 saturated carbocycles. The SMILES string of the molecule is CC1CC(Nc2ccc(Cl)cc2N)=CC(=O)O1. The first-order valence-corrected chi connectivity index (χ1v) is 5.65. The minimum atomic E-state index is -0.334. The zero-order chi connectivity index (χ0) is 12.4. The van der Waals surface area contributed by atoms with Crippen LogP contribution in [0.5, 0.6) is 0 Å². The summed E-state index contributed by atoms with van der Waals surface area (Å²) in [5.74, 6) is -0.334. The van der Waals surface area contributed by atoms with E-state index in [2.05, 4.69) is 5.32 Å². The number of hydrogen-bond donors (Lipinski definition) is 2. The Hall–Kier alpha value is -1.68. The van der Waals surface area contributed by atoms with Crippen molar-refractivity contribution < 1.29 is 9.53 Å². The van der Waals surface area contributed by atoms with Crippen LogP contribution in [-0.2, 0) is 9.53 Å². The van der Waals surface area contributed by atoms with Crippen LogP contribution in [-0.4, -0.2) is 12.1 Å². The Balaban J connectivity index is 2.18. The van der Waals surface area contributed by atoms with E-state index in [4.69, 9.17) is 22.1 Å². The number of cyclic esters (lactones) is 1. The van der Waals surface area contributed by atoms with Gasteiger partial charge in [-0.2, -0.15) is 0 Å². The first kappa shape index (κ1) is 11.8. The minimum absolute atomic E-state index is 0.122. The zero-order valence-electron chi connectivity index (χ0n) is 9.37. The third kappa shape index (κ3) is 2.91. The number of benzene rings is 1. The fraction of sp³-hybridized carbons (Fsp3) is 0.250. The van der Waals surface area contributed by atoms with E-state index in [0.29, 0.717) is 17.1 Å². The molecule has 1 aromatic rings. The van der Waals surface area contributed by atoms with Crippen LogP contribution in [0.4, 0.5) is 11.4 Å². The highest BCUT2D eigenvalue weighted by molar-refractivity contribution is 6.31. The second-order valence-corrected chi connectivity index (χ2v) is 4.41. The summed E-state index contributed by atoms with van der Waals surface area (Å²) >= 11 is 5.81. The molecule has 1 aliphatic heterocycles. The predicted molar refractivity (Wildman–Crippen MR) is 67.7 cm³/mol. The van der Waals surface area contributed by atoms with Crippen molar-refractivity contribution >= 4 is 28.9 Å². The number of nitrogens with one attached hydrogen (secondary N) is 1. The number of nitrogen functional groups attached to an aromatic ring is 1. The number of carbonyl (C=O) groups excluding carboxylic acids is 1. The van der Waals surface area contributed by atoms with Crippen molar-refractivity contribution in [2.45, 2.75) is 19.4 Å². The van der Waals surface area contributed by atoms with Crippen molar-refractivity contribution in [2.24, 2.45) is 0 Å². The van der Waals surface area contributed by atoms with E-state index in [0.717, 1.165) is 11.4 Å². The molecular formula is C12H13ClN2O2. The van der Waals surface area contributed by atoms with Gasteiger partial charge in [0.2, 0.25) is 0 Å². The number of ether oxygens (including phenoxy) is 1. The van der Waals surface area contributed by atoms with Gasteiger partial charge in [-0.05, 0) is 25.1 Å². The smallest absolute Gasteiger partial charge is 0.332 e. The van der Waals surface area contributed by atoms with Gasteiger partial charge in [0.1, 0.15) is 6.10 Å². The minimum Gasteiger partial charge on any atom is -0.459 e. The lowest BCUT2D eigenvalue weighted by atomic mass is 10.1. The van der Waals surface area contributed by atoms with Gasteiger partial charge in [0.05, 0.1) is 11.4 Å². The van der Waals surface area contributed by atoms with Gasteiger partial charge in [-0.15, -0.1) is 0 Å². The highest BCUT2D eigenvalue weighted by atomic mass is 35.5. The van der Waals surface area contributed by atoms with Gasteiger partial charge in [0, 0.05) is 23.2 Å². The monoisotopic (exact) mass is 252 g/mol. The predicted octanol–water partition coefficient (Wildman–Crippen LogP) is 2.55. The van der Waals surface area contributed by atoms with Gasteiger partial charge in [-0.25, -0.2) is 4.79 Å². The first-order chi connectivity index (χ1) is 8.04. The number of hydrogen-bond acceptors (Lipinski definition) is 4. The summed E-state index contributed by atoms with van der Waals surface area (Å²) in [6.07, 6.45) is 1.96. The molecular weight excluding hydrogens is 240 g/mol. The number of rotatable bonds is 2. The normalized spacial score (nSPS) is 19.5. The number of carbonyl (C=O) groups is 1. The molecule has 0 aliphatic carbocycles. The molecule has 1 aliphatic rings. The quantitative estimate of drug-likeness (QED) is 0.627. The number of esters is 1. The van der Waals surface area contributed by atoms with E-state index >= 15 is 0 Å². The van der Waals surface area contributed by atoms with Crippen LogP contribution in [0.25, 0.3) is 0 Å². The van der Waals surface area contributed by atoms with Crippen molar-refractivity contribution in [1.29, 1.82) is 0 Å². The number of anilines is 2. The third-order valence-electron chi connectivity index (χ3n) is 2.43. The fourth-order valence-electron chi connectivity index (χ4n) is 1.69. The summed E-state index contributed by atoms with van der Waals surface area (Å²) in [6.45, 7) is 1.85. The van der Waals surface area contributed by atoms with E-state index in [1.54, 1.807) is 18.2 Å². The van der Waals surface area contributed by atoms with E-state index in [-0.39, 0.29) is 12.1 Å². The molecule has 5 heteroatoms. The lowest BCUT2D eigenvalue weighted by molar-refractivity contribution is -0.143. The highest BCUT2D eigenvalue weighted by Crippen LogP contribution is 2.26. The molecule has 3 N–H and O–H groups in total. The molecule has 0 bridgehead atoms. The maximum absolute atomic E-state index is 11.2. The van der Waals surface area contributed by atoms with E-state index in [1.165, 1.54) is 6.08 Å². The van der Waals surface area contributed by atoms with Crippen LogP contribution in [0.1, 0.15) is 13.3 Å². The molecule has 4 nitrogen and oxygen atoms in total. The summed E-state index contributed by atoms with van der Waals surface area (Å²) in [7, 11) is 0. The van der Waals surface area contributed by atoms with Crippen LogP contribution >= 0.6 is 11.6 Å². The van der Waals surface area contributed by atoms with E-state index in [9.17, 15) is 4.79 Å². The van der Waals surface area contributed by atoms with Crippen LogP contribution in [0.3, 0.4) is 0 Å². The lowest BCUT2D eigenvalue weighted by Gasteiger charge is -2.21. The molecule has 0 radical (unpaired) electrons. The molecule has 0 saturated heterocycles. The molecule has 0 aromatic heterocycles. The standard InChI is InChI=1S/C12H13ClN2O2/c1-7-4-9(6-12(16)17-7)15-11-3-2-8(13)5-10(11)14/h2-3,5-7,15H,4,14H2,1H3. The maximum Gasteiger partial charge on any atom is 0.332 e. The van der Waals surface area contributed by atoms with Crippen molar-refractivity contribution in [3.63, 3.8) is 0 Å². The summed E-state index contributed by atoms with van der Waals surface area (Å²) in [6, 6.07) is 5.18. The molecule has 2 rings (SSSR count). The molecule has 0 fully saturated rings. The Morgan fingerprint density at radius 1 is 1.53 bits per heavy atom. The first-order valence-electron chi connectivity index (χ1n) is 5.28. The van der Waals surface area contributed by atoms with Crippen molar-refractivity contribution in [3.05, 3.63) is 35.0 Å². The highest BCUT2D eigenvalue weighted by Gasteiger charge is 2.17. The molecule has 17 heavy (non-hydrogen) atoms. The van der Waals surface area contributed by atoms with Crippen molar-refractivity contribution in [3.8, 4) is 0 Å². The average Bonchev–Trinajstić information content (AvgIpc) is 2.21. The Kier molecular flexibility index (Phi) is 3.24. The van der Waals surface area contributed by atoms with Gasteiger partial charge in [-0.3, -0.25) is 0 Å². The Bertz CT molecular complexity index is 485. The summed E-state index contributed by atoms with van der Waals surface area (Å²) < 4.78 is 5.00. The Morgan fingerprint density at radius 2 is 2.29 bits per heavy atom. The number of nitrogens with two attached hydrogens (primary N) is 1. The zero-order valence-corrected chi connectivity index (χ0v) is 10.1. The van der Waals surface area contributed by atoms with E-state index < -0.39 is 0 Å². The molecule has 0 spiro atoms. The Morgan fingerprint density at radius 3 is 2.94 bits per heavy atom. The van der Waals surface area contributed by atoms with Crippen LogP contribution < -0.4 is 11.1 Å². The number of halogens is 1. The maximum atomic E-state index is 11.2. The van der Waals surface area contributed by atoms with Crippen LogP contribution in [0.2, 0.25) is 5.02 Å². The molecule has 1 unspecified atom stereocenters. The topological polar surface area (TPSA) is 64.3 Å². The van der Waals surface area contributed by atoms with Crippen molar-refractivity contribution in [2.75, 3.05) is 11.1 Å². The summed E-state index contributed by atoms with van der Waals surface area (Å²) in [5.41, 5.74) is 7.90. The molecule has 0 amide bonds. The molecule has 1 heterocycles. The van der Waals surface area contributed by atoms with Crippen molar-refractivity contribution in [1.82, 2.24) is 0 Å². The second kappa shape index (κ2) is 4.67. The fourth-order valence-corrected chi connectivity index (χ4v) is 1.87. The molecule has 90 valence electrons. The van der Waals surface area contributed by atoms with Crippen LogP contribution in [0.15, 0.2) is 30.0 Å². The Labute approximate surface area is 104 Å². The molecule has 1 atom stereocenters. The van der Waals surface area contributed by atoms with E-state index in [1.807, 2.05) is 6.92 Å². The third-order valence-corrected chi connectivity index (χ3v) is 2.66. The summed E-state index contributed by atoms with van der Waals surface area (Å²) in [4.78, 5) is 11.2. The summed E-state index contributed by atoms with van der Waals surface area (Å²) in [5, 5.41) is 3.70. The average molecular weight is 253 g/mol. The largest absolute Gasteiger partial charge is 0.459 e. The van der Waals surface area contributed by atoms with Gasteiger partial charge >= 0.3 is 5.97 Å². The van der Waals surface area contributed by atoms with Gasteiger partial charge in [0.25, 0.3) is 0 Å².